The first-order chi connectivity index (χ1) is 7.65. The van der Waals surface area contributed by atoms with Crippen LogP contribution in [0.5, 0.6) is 5.75 Å². The predicted molar refractivity (Wildman–Crippen MR) is 63.0 cm³/mol. The Morgan fingerprint density at radius 3 is 2.88 bits per heavy atom. The lowest BCUT2D eigenvalue weighted by molar-refractivity contribution is 0.0695. The van der Waals surface area contributed by atoms with Crippen LogP contribution in [0.3, 0.4) is 0 Å². The average molecular weight is 282 g/mol. The van der Waals surface area contributed by atoms with Crippen molar-refractivity contribution in [3.05, 3.63) is 34.4 Å². The van der Waals surface area contributed by atoms with Crippen LogP contribution in [0, 0.1) is 0 Å². The number of ether oxygens (including phenoxy) is 1. The molecule has 0 aliphatic heterocycles. The second-order valence-electron chi connectivity index (χ2n) is 3.15. The normalized spacial score (nSPS) is 10.4. The van der Waals surface area contributed by atoms with Crippen LogP contribution < -0.4 is 4.74 Å². The highest BCUT2D eigenvalue weighted by molar-refractivity contribution is 9.10. The van der Waals surface area contributed by atoms with Crippen molar-refractivity contribution in [3.8, 4) is 5.75 Å². The number of fused-ring (bicyclic) bond motifs is 1. The van der Waals surface area contributed by atoms with E-state index in [4.69, 9.17) is 9.84 Å². The minimum atomic E-state index is -1.01. The van der Waals surface area contributed by atoms with E-state index in [1.807, 2.05) is 0 Å². The fourth-order valence-corrected chi connectivity index (χ4v) is 2.07. The number of benzene rings is 1. The van der Waals surface area contributed by atoms with Crippen LogP contribution in [0.2, 0.25) is 0 Å². The van der Waals surface area contributed by atoms with E-state index in [1.54, 1.807) is 25.3 Å². The second-order valence-corrected chi connectivity index (χ2v) is 3.94. The molecule has 0 aliphatic carbocycles. The topological polar surface area (TPSA) is 59.4 Å². The van der Waals surface area contributed by atoms with Gasteiger partial charge in [0.05, 0.1) is 12.7 Å². The number of para-hydroxylation sites is 1. The van der Waals surface area contributed by atoms with Crippen molar-refractivity contribution >= 4 is 32.8 Å². The van der Waals surface area contributed by atoms with E-state index in [1.165, 1.54) is 6.20 Å². The number of nitrogens with zero attached hydrogens (tertiary/aromatic N) is 1. The molecule has 4 nitrogen and oxygen atoms in total. The van der Waals surface area contributed by atoms with Crippen LogP contribution in [-0.4, -0.2) is 23.2 Å². The van der Waals surface area contributed by atoms with Crippen molar-refractivity contribution in [2.75, 3.05) is 7.11 Å². The van der Waals surface area contributed by atoms with Crippen LogP contribution >= 0.6 is 15.9 Å². The SMILES string of the molecule is COc1cccc2c(Br)c(C(=O)O)cnc12. The first-order valence-electron chi connectivity index (χ1n) is 4.49. The van der Waals surface area contributed by atoms with E-state index in [-0.39, 0.29) is 5.56 Å². The summed E-state index contributed by atoms with van der Waals surface area (Å²) in [6.45, 7) is 0. The smallest absolute Gasteiger partial charge is 0.338 e. The third-order valence-corrected chi connectivity index (χ3v) is 3.10. The number of rotatable bonds is 2. The molecule has 0 spiro atoms. The zero-order chi connectivity index (χ0) is 11.7. The number of carboxylic acid groups (broad SMARTS) is 1. The maximum atomic E-state index is 10.9. The summed E-state index contributed by atoms with van der Waals surface area (Å²) >= 11 is 3.27. The molecule has 0 radical (unpaired) electrons. The minimum absolute atomic E-state index is 0.140. The highest BCUT2D eigenvalue weighted by atomic mass is 79.9. The van der Waals surface area contributed by atoms with Gasteiger partial charge in [0, 0.05) is 16.1 Å². The van der Waals surface area contributed by atoms with Crippen molar-refractivity contribution in [1.29, 1.82) is 0 Å². The first kappa shape index (κ1) is 10.9. The molecule has 2 aromatic rings. The number of halogens is 1. The van der Waals surface area contributed by atoms with Crippen LogP contribution in [0.4, 0.5) is 0 Å². The standard InChI is InChI=1S/C11H8BrNO3/c1-16-8-4-2-3-6-9(12)7(11(14)15)5-13-10(6)8/h2-5H,1H3,(H,14,15). The van der Waals surface area contributed by atoms with E-state index >= 15 is 0 Å². The molecule has 0 saturated carbocycles. The number of hydrogen-bond donors (Lipinski definition) is 1. The Bertz CT molecular complexity index is 568. The molecule has 1 N–H and O–H groups in total. The van der Waals surface area contributed by atoms with E-state index in [0.29, 0.717) is 15.7 Å². The molecule has 0 amide bonds. The molecule has 0 unspecified atom stereocenters. The number of methoxy groups -OCH3 is 1. The number of aromatic carboxylic acids is 1. The maximum Gasteiger partial charge on any atom is 0.338 e. The third kappa shape index (κ3) is 1.63. The highest BCUT2D eigenvalue weighted by Gasteiger charge is 2.13. The number of carbonyl (C=O) groups is 1. The first-order valence-corrected chi connectivity index (χ1v) is 5.29. The lowest BCUT2D eigenvalue weighted by Crippen LogP contribution is -2.00. The monoisotopic (exact) mass is 281 g/mol. The minimum Gasteiger partial charge on any atom is -0.494 e. The van der Waals surface area contributed by atoms with Gasteiger partial charge in [-0.2, -0.15) is 0 Å². The van der Waals surface area contributed by atoms with Gasteiger partial charge in [0.1, 0.15) is 11.3 Å². The van der Waals surface area contributed by atoms with Crippen molar-refractivity contribution in [2.45, 2.75) is 0 Å². The summed E-state index contributed by atoms with van der Waals surface area (Å²) in [4.78, 5) is 15.0. The summed E-state index contributed by atoms with van der Waals surface area (Å²) in [7, 11) is 1.55. The molecule has 0 atom stereocenters. The van der Waals surface area contributed by atoms with Gasteiger partial charge in [-0.05, 0) is 22.0 Å². The molecule has 82 valence electrons. The zero-order valence-electron chi connectivity index (χ0n) is 8.40. The molecule has 5 heteroatoms. The predicted octanol–water partition coefficient (Wildman–Crippen LogP) is 2.70. The number of aromatic nitrogens is 1. The number of hydrogen-bond acceptors (Lipinski definition) is 3. The summed E-state index contributed by atoms with van der Waals surface area (Å²) in [6.07, 6.45) is 1.32. The lowest BCUT2D eigenvalue weighted by Gasteiger charge is -2.07. The molecule has 2 rings (SSSR count). The maximum absolute atomic E-state index is 10.9. The Hall–Kier alpha value is -1.62. The zero-order valence-corrected chi connectivity index (χ0v) is 9.98. The second kappa shape index (κ2) is 4.09. The van der Waals surface area contributed by atoms with E-state index in [9.17, 15) is 4.79 Å². The lowest BCUT2D eigenvalue weighted by atomic mass is 10.1. The summed E-state index contributed by atoms with van der Waals surface area (Å²) in [5.41, 5.74) is 0.780. The molecular formula is C11H8BrNO3. The number of pyridine rings is 1. The molecule has 0 bridgehead atoms. The van der Waals surface area contributed by atoms with Crippen LogP contribution in [-0.2, 0) is 0 Å². The van der Waals surface area contributed by atoms with E-state index in [2.05, 4.69) is 20.9 Å². The van der Waals surface area contributed by atoms with Gasteiger partial charge in [0.25, 0.3) is 0 Å². The van der Waals surface area contributed by atoms with Crippen molar-refractivity contribution in [3.63, 3.8) is 0 Å². The van der Waals surface area contributed by atoms with E-state index < -0.39 is 5.97 Å². The van der Waals surface area contributed by atoms with Crippen molar-refractivity contribution in [1.82, 2.24) is 4.98 Å². The molecular weight excluding hydrogens is 274 g/mol. The van der Waals surface area contributed by atoms with Gasteiger partial charge < -0.3 is 9.84 Å². The Labute approximate surface area is 100.0 Å². The third-order valence-electron chi connectivity index (χ3n) is 2.25. The van der Waals surface area contributed by atoms with Gasteiger partial charge in [-0.15, -0.1) is 0 Å². The van der Waals surface area contributed by atoms with Crippen molar-refractivity contribution < 1.29 is 14.6 Å². The summed E-state index contributed by atoms with van der Waals surface area (Å²) in [6, 6.07) is 5.36. The van der Waals surface area contributed by atoms with Crippen LogP contribution in [0.1, 0.15) is 10.4 Å². The van der Waals surface area contributed by atoms with Crippen molar-refractivity contribution in [2.24, 2.45) is 0 Å². The van der Waals surface area contributed by atoms with Gasteiger partial charge in [-0.3, -0.25) is 4.98 Å². The fraction of sp³-hybridized carbons (Fsp3) is 0.0909. The quantitative estimate of drug-likeness (QED) is 0.920. The van der Waals surface area contributed by atoms with Gasteiger partial charge >= 0.3 is 5.97 Å². The summed E-state index contributed by atoms with van der Waals surface area (Å²) in [5.74, 6) is -0.390. The Morgan fingerprint density at radius 2 is 2.25 bits per heavy atom. The van der Waals surface area contributed by atoms with E-state index in [0.717, 1.165) is 5.39 Å². The number of carboxylic acids is 1. The average Bonchev–Trinajstić information content (AvgIpc) is 2.28. The van der Waals surface area contributed by atoms with Gasteiger partial charge in [0.2, 0.25) is 0 Å². The summed E-state index contributed by atoms with van der Waals surface area (Å²) in [5, 5.41) is 9.67. The van der Waals surface area contributed by atoms with Gasteiger partial charge in [-0.1, -0.05) is 12.1 Å². The summed E-state index contributed by atoms with van der Waals surface area (Å²) < 4.78 is 5.67. The molecule has 0 saturated heterocycles. The van der Waals surface area contributed by atoms with Gasteiger partial charge in [0.15, 0.2) is 0 Å². The van der Waals surface area contributed by atoms with Crippen LogP contribution in [0.25, 0.3) is 10.9 Å². The Kier molecular flexibility index (Phi) is 2.78. The van der Waals surface area contributed by atoms with Gasteiger partial charge in [-0.25, -0.2) is 4.79 Å². The molecule has 16 heavy (non-hydrogen) atoms. The Morgan fingerprint density at radius 1 is 1.50 bits per heavy atom. The fourth-order valence-electron chi connectivity index (χ4n) is 1.48. The molecule has 1 heterocycles. The largest absolute Gasteiger partial charge is 0.494 e. The molecule has 0 aliphatic rings. The molecule has 1 aromatic carbocycles. The van der Waals surface area contributed by atoms with Crippen LogP contribution in [0.15, 0.2) is 28.9 Å². The Balaban J connectivity index is 2.81. The highest BCUT2D eigenvalue weighted by Crippen LogP contribution is 2.31. The molecule has 1 aromatic heterocycles. The molecule has 0 fully saturated rings.